The van der Waals surface area contributed by atoms with Crippen LogP contribution in [0.2, 0.25) is 0 Å². The van der Waals surface area contributed by atoms with E-state index in [1.54, 1.807) is 0 Å². The van der Waals surface area contributed by atoms with Crippen molar-refractivity contribution in [1.29, 1.82) is 0 Å². The highest BCUT2D eigenvalue weighted by Crippen LogP contribution is 2.68. The monoisotopic (exact) mass is 500 g/mol. The van der Waals surface area contributed by atoms with Gasteiger partial charge in [0, 0.05) is 18.3 Å². The standard InChI is InChI=1S/C32H57BO3/c1-21(2)9-8-10-22(3)28-13-14-29-27-12-11-25-20-26(36-33-34-23(4)19-24(5)35-33)15-17-31(25,6)30(27)16-18-32(28,29)7/h21-30H,8-20H2,1-7H3/t22-,23?,24?,25?,26?,27+,28-,29+,30+,31+,32-/m1/s1. The van der Waals surface area contributed by atoms with Crippen LogP contribution >= 0.6 is 0 Å². The predicted molar refractivity (Wildman–Crippen MR) is 149 cm³/mol. The van der Waals surface area contributed by atoms with Crippen molar-refractivity contribution in [3.8, 4) is 0 Å². The van der Waals surface area contributed by atoms with Gasteiger partial charge in [-0.2, -0.15) is 0 Å². The lowest BCUT2D eigenvalue weighted by Crippen LogP contribution is -2.55. The smallest absolute Gasteiger partial charge is 0.383 e. The van der Waals surface area contributed by atoms with Crippen LogP contribution in [-0.4, -0.2) is 25.6 Å². The number of hydrogen-bond donors (Lipinski definition) is 0. The molecule has 0 aromatic carbocycles. The third-order valence-electron chi connectivity index (χ3n) is 12.5. The quantitative estimate of drug-likeness (QED) is 0.327. The van der Waals surface area contributed by atoms with Crippen LogP contribution in [0.25, 0.3) is 0 Å². The van der Waals surface area contributed by atoms with E-state index in [4.69, 9.17) is 14.0 Å². The first kappa shape index (κ1) is 27.5. The molecule has 1 aliphatic heterocycles. The first-order valence-electron chi connectivity index (χ1n) is 16.1. The maximum atomic E-state index is 6.43. The van der Waals surface area contributed by atoms with Gasteiger partial charge in [-0.15, -0.1) is 0 Å². The Bertz CT molecular complexity index is 733. The molecule has 5 aliphatic rings. The third kappa shape index (κ3) is 5.23. The van der Waals surface area contributed by atoms with E-state index in [2.05, 4.69) is 48.5 Å². The zero-order valence-electron chi connectivity index (χ0n) is 24.8. The first-order chi connectivity index (χ1) is 17.1. The second-order valence-electron chi connectivity index (χ2n) is 15.1. The van der Waals surface area contributed by atoms with Gasteiger partial charge in [-0.3, -0.25) is 0 Å². The predicted octanol–water partition coefficient (Wildman–Crippen LogP) is 8.69. The minimum absolute atomic E-state index is 0.229. The van der Waals surface area contributed by atoms with Crippen molar-refractivity contribution in [2.75, 3.05) is 0 Å². The third-order valence-corrected chi connectivity index (χ3v) is 12.5. The molecule has 1 saturated heterocycles. The fourth-order valence-electron chi connectivity index (χ4n) is 10.6. The van der Waals surface area contributed by atoms with Crippen molar-refractivity contribution < 1.29 is 14.0 Å². The van der Waals surface area contributed by atoms with Crippen LogP contribution in [0.15, 0.2) is 0 Å². The van der Waals surface area contributed by atoms with E-state index in [0.29, 0.717) is 16.9 Å². The van der Waals surface area contributed by atoms with Crippen LogP contribution < -0.4 is 0 Å². The molecule has 0 bridgehead atoms. The van der Waals surface area contributed by atoms with Crippen molar-refractivity contribution >= 4 is 7.32 Å². The summed E-state index contributed by atoms with van der Waals surface area (Å²) in [5.74, 6) is 6.43. The molecule has 36 heavy (non-hydrogen) atoms. The van der Waals surface area contributed by atoms with Crippen LogP contribution in [0.3, 0.4) is 0 Å². The Balaban J connectivity index is 1.20. The van der Waals surface area contributed by atoms with Gasteiger partial charge in [0.25, 0.3) is 0 Å². The molecule has 4 aliphatic carbocycles. The van der Waals surface area contributed by atoms with Crippen molar-refractivity contribution in [2.45, 2.75) is 150 Å². The zero-order valence-corrected chi connectivity index (χ0v) is 24.8. The Morgan fingerprint density at radius 1 is 0.806 bits per heavy atom. The molecule has 0 aromatic rings. The summed E-state index contributed by atoms with van der Waals surface area (Å²) >= 11 is 0. The van der Waals surface area contributed by atoms with E-state index in [1.165, 1.54) is 77.0 Å². The average Bonchev–Trinajstić information content (AvgIpc) is 3.15. The Morgan fingerprint density at radius 3 is 2.22 bits per heavy atom. The molecule has 1 heterocycles. The first-order valence-corrected chi connectivity index (χ1v) is 16.1. The van der Waals surface area contributed by atoms with Crippen molar-refractivity contribution in [3.05, 3.63) is 0 Å². The number of rotatable bonds is 7. The minimum atomic E-state index is -0.456. The Labute approximate surface area is 223 Å². The molecule has 3 nitrogen and oxygen atoms in total. The summed E-state index contributed by atoms with van der Waals surface area (Å²) in [6.07, 6.45) is 18.6. The summed E-state index contributed by atoms with van der Waals surface area (Å²) in [7, 11) is -0.456. The van der Waals surface area contributed by atoms with Crippen LogP contribution in [-0.2, 0) is 14.0 Å². The molecule has 0 spiro atoms. The summed E-state index contributed by atoms with van der Waals surface area (Å²) in [6.45, 7) is 17.1. The molecule has 11 atom stereocenters. The fourth-order valence-corrected chi connectivity index (χ4v) is 10.6. The van der Waals surface area contributed by atoms with E-state index in [9.17, 15) is 0 Å². The summed E-state index contributed by atoms with van der Waals surface area (Å²) < 4.78 is 18.4. The molecule has 206 valence electrons. The van der Waals surface area contributed by atoms with E-state index in [0.717, 1.165) is 47.8 Å². The largest absolute Gasteiger partial charge is 0.640 e. The Kier molecular flexibility index (Phi) is 8.28. The molecular formula is C32H57BO3. The van der Waals surface area contributed by atoms with Crippen LogP contribution in [0.1, 0.15) is 132 Å². The molecule has 0 radical (unpaired) electrons. The normalized spacial score (nSPS) is 47.8. The van der Waals surface area contributed by atoms with Crippen LogP contribution in [0.5, 0.6) is 0 Å². The molecule has 4 unspecified atom stereocenters. The number of hydrogen-bond acceptors (Lipinski definition) is 3. The summed E-state index contributed by atoms with van der Waals surface area (Å²) in [6, 6.07) is 0. The molecule has 4 saturated carbocycles. The molecule has 0 aromatic heterocycles. The second-order valence-corrected chi connectivity index (χ2v) is 15.1. The highest BCUT2D eigenvalue weighted by molar-refractivity contribution is 6.36. The fraction of sp³-hybridized carbons (Fsp3) is 1.00. The van der Waals surface area contributed by atoms with Crippen molar-refractivity contribution in [2.24, 2.45) is 52.3 Å². The zero-order chi connectivity index (χ0) is 25.7. The van der Waals surface area contributed by atoms with Gasteiger partial charge in [0.15, 0.2) is 0 Å². The van der Waals surface area contributed by atoms with E-state index < -0.39 is 7.32 Å². The molecular weight excluding hydrogens is 443 g/mol. The van der Waals surface area contributed by atoms with Crippen LogP contribution in [0.4, 0.5) is 0 Å². The minimum Gasteiger partial charge on any atom is -0.383 e. The highest BCUT2D eigenvalue weighted by atomic mass is 16.7. The Morgan fingerprint density at radius 2 is 1.50 bits per heavy atom. The van der Waals surface area contributed by atoms with Gasteiger partial charge in [-0.1, -0.05) is 53.9 Å². The van der Waals surface area contributed by atoms with Crippen molar-refractivity contribution in [3.63, 3.8) is 0 Å². The maximum Gasteiger partial charge on any atom is 0.640 e. The maximum absolute atomic E-state index is 6.43. The molecule has 0 N–H and O–H groups in total. The average molecular weight is 501 g/mol. The SMILES string of the molecule is CC(C)CCC[C@@H](C)[C@H]1CC[C@H]2[C@@H]3CCC4CC(OB5OC(C)CC(C)O5)CC[C@]4(C)[C@H]3CC[C@]12C. The second kappa shape index (κ2) is 10.8. The molecule has 5 rings (SSSR count). The van der Waals surface area contributed by atoms with E-state index in [-0.39, 0.29) is 12.2 Å². The van der Waals surface area contributed by atoms with Gasteiger partial charge in [-0.05, 0) is 130 Å². The lowest BCUT2D eigenvalue weighted by atomic mass is 9.44. The Hall–Kier alpha value is -0.0551. The molecule has 0 amide bonds. The van der Waals surface area contributed by atoms with Gasteiger partial charge < -0.3 is 14.0 Å². The van der Waals surface area contributed by atoms with E-state index >= 15 is 0 Å². The highest BCUT2D eigenvalue weighted by Gasteiger charge is 2.60. The van der Waals surface area contributed by atoms with Gasteiger partial charge in [0.2, 0.25) is 0 Å². The van der Waals surface area contributed by atoms with Gasteiger partial charge in [0.05, 0.1) is 0 Å². The van der Waals surface area contributed by atoms with Crippen molar-refractivity contribution in [1.82, 2.24) is 0 Å². The summed E-state index contributed by atoms with van der Waals surface area (Å²) in [5.41, 5.74) is 1.12. The van der Waals surface area contributed by atoms with E-state index in [1.807, 2.05) is 0 Å². The van der Waals surface area contributed by atoms with Gasteiger partial charge >= 0.3 is 7.32 Å². The lowest BCUT2D eigenvalue weighted by Gasteiger charge is -2.61. The van der Waals surface area contributed by atoms with Gasteiger partial charge in [0.1, 0.15) is 0 Å². The summed E-state index contributed by atoms with van der Waals surface area (Å²) in [5, 5.41) is 0. The summed E-state index contributed by atoms with van der Waals surface area (Å²) in [4.78, 5) is 0. The topological polar surface area (TPSA) is 27.7 Å². The molecule has 5 fully saturated rings. The molecule has 4 heteroatoms. The van der Waals surface area contributed by atoms with Gasteiger partial charge in [-0.25, -0.2) is 0 Å². The number of fused-ring (bicyclic) bond motifs is 5. The van der Waals surface area contributed by atoms with Crippen LogP contribution in [0, 0.1) is 52.3 Å². The lowest BCUT2D eigenvalue weighted by molar-refractivity contribution is -0.133.